The van der Waals surface area contributed by atoms with E-state index in [9.17, 15) is 13.6 Å². The van der Waals surface area contributed by atoms with Gasteiger partial charge < -0.3 is 4.90 Å². The summed E-state index contributed by atoms with van der Waals surface area (Å²) in [6, 6.07) is 2.52. The van der Waals surface area contributed by atoms with Gasteiger partial charge in [0.25, 0.3) is 5.91 Å². The average molecular weight is 397 g/mol. The molecule has 0 atom stereocenters. The van der Waals surface area contributed by atoms with Crippen LogP contribution in [-0.4, -0.2) is 42.2 Å². The second-order valence-electron chi connectivity index (χ2n) is 6.34. The van der Waals surface area contributed by atoms with E-state index < -0.39 is 17.0 Å². The Morgan fingerprint density at radius 1 is 1.30 bits per heavy atom. The van der Waals surface area contributed by atoms with Crippen molar-refractivity contribution in [2.75, 3.05) is 7.05 Å². The molecule has 0 radical (unpaired) electrons. The number of halogens is 3. The molecule has 0 spiro atoms. The van der Waals surface area contributed by atoms with Crippen molar-refractivity contribution in [2.24, 2.45) is 0 Å². The van der Waals surface area contributed by atoms with Crippen LogP contribution in [0.2, 0.25) is 0 Å². The molecule has 144 valence electrons. The number of carbonyl (C=O) groups excluding carboxylic acids is 1. The van der Waals surface area contributed by atoms with Crippen LogP contribution in [0.3, 0.4) is 0 Å². The van der Waals surface area contributed by atoms with Crippen molar-refractivity contribution in [3.05, 3.63) is 46.7 Å². The van der Waals surface area contributed by atoms with Crippen LogP contribution >= 0.6 is 11.6 Å². The highest BCUT2D eigenvalue weighted by molar-refractivity contribution is 6.21. The standard InChI is InChI=1S/C17H19ClF2N6O/c1-5-25-9-12(11(3)22-25)8-24(4)16(27)13-7-15-21-10(2)6-14(17(18,19)20)26(15)23-13/h6-7,9H,5,8H2,1-4H3. The number of hydrogen-bond donors (Lipinski definition) is 0. The molecule has 0 unspecified atom stereocenters. The van der Waals surface area contributed by atoms with Gasteiger partial charge in [-0.3, -0.25) is 9.48 Å². The third-order valence-corrected chi connectivity index (χ3v) is 4.38. The summed E-state index contributed by atoms with van der Waals surface area (Å²) in [7, 11) is 1.62. The molecule has 0 bridgehead atoms. The maximum absolute atomic E-state index is 13.7. The van der Waals surface area contributed by atoms with Gasteiger partial charge in [-0.05, 0) is 38.4 Å². The number of amides is 1. The number of alkyl halides is 3. The minimum Gasteiger partial charge on any atom is -0.336 e. The zero-order valence-electron chi connectivity index (χ0n) is 15.4. The van der Waals surface area contributed by atoms with Gasteiger partial charge in [-0.1, -0.05) is 0 Å². The average Bonchev–Trinajstić information content (AvgIpc) is 3.15. The maximum Gasteiger partial charge on any atom is 0.364 e. The van der Waals surface area contributed by atoms with E-state index in [2.05, 4.69) is 15.2 Å². The van der Waals surface area contributed by atoms with Crippen LogP contribution in [0.1, 0.15) is 40.1 Å². The summed E-state index contributed by atoms with van der Waals surface area (Å²) in [6.45, 7) is 6.46. The lowest BCUT2D eigenvalue weighted by molar-refractivity contribution is 0.0772. The van der Waals surface area contributed by atoms with Gasteiger partial charge >= 0.3 is 5.38 Å². The Morgan fingerprint density at radius 2 is 2.00 bits per heavy atom. The number of rotatable bonds is 5. The molecule has 0 saturated heterocycles. The van der Waals surface area contributed by atoms with Crippen LogP contribution in [0.5, 0.6) is 0 Å². The third kappa shape index (κ3) is 3.78. The lowest BCUT2D eigenvalue weighted by Crippen LogP contribution is -2.27. The van der Waals surface area contributed by atoms with Crippen molar-refractivity contribution >= 4 is 23.2 Å². The van der Waals surface area contributed by atoms with Crippen LogP contribution in [0.15, 0.2) is 18.3 Å². The van der Waals surface area contributed by atoms with Crippen LogP contribution in [-0.2, 0) is 18.5 Å². The van der Waals surface area contributed by atoms with Gasteiger partial charge in [0.15, 0.2) is 11.3 Å². The molecule has 1 amide bonds. The minimum atomic E-state index is -3.63. The predicted molar refractivity (Wildman–Crippen MR) is 95.9 cm³/mol. The van der Waals surface area contributed by atoms with E-state index in [4.69, 9.17) is 11.6 Å². The minimum absolute atomic E-state index is 0.0123. The molecule has 3 rings (SSSR count). The molecule has 0 saturated carbocycles. The Labute approximate surface area is 159 Å². The molecule has 7 nitrogen and oxygen atoms in total. The SMILES string of the molecule is CCn1cc(CN(C)C(=O)c2cc3nc(C)cc(C(F)(F)Cl)n3n2)c(C)n1. The van der Waals surface area contributed by atoms with Gasteiger partial charge in [-0.15, -0.1) is 0 Å². The summed E-state index contributed by atoms with van der Waals surface area (Å²) in [5.41, 5.74) is 1.70. The number of fused-ring (bicyclic) bond motifs is 1. The Morgan fingerprint density at radius 3 is 2.59 bits per heavy atom. The van der Waals surface area contributed by atoms with Crippen molar-refractivity contribution in [1.82, 2.24) is 29.3 Å². The fraction of sp³-hybridized carbons (Fsp3) is 0.412. The van der Waals surface area contributed by atoms with E-state index in [0.717, 1.165) is 28.4 Å². The molecule has 3 aromatic rings. The van der Waals surface area contributed by atoms with Crippen LogP contribution in [0.4, 0.5) is 8.78 Å². The smallest absolute Gasteiger partial charge is 0.336 e. The highest BCUT2D eigenvalue weighted by atomic mass is 35.5. The molecular weight excluding hydrogens is 378 g/mol. The Hall–Kier alpha value is -2.55. The third-order valence-electron chi connectivity index (χ3n) is 4.19. The van der Waals surface area contributed by atoms with Crippen molar-refractivity contribution in [3.63, 3.8) is 0 Å². The maximum atomic E-state index is 13.7. The van der Waals surface area contributed by atoms with E-state index in [1.165, 1.54) is 11.0 Å². The van der Waals surface area contributed by atoms with E-state index in [-0.39, 0.29) is 11.3 Å². The van der Waals surface area contributed by atoms with Gasteiger partial charge in [0.1, 0.15) is 5.69 Å². The molecular formula is C17H19ClF2N6O. The summed E-state index contributed by atoms with van der Waals surface area (Å²) in [4.78, 5) is 18.3. The molecule has 0 aromatic carbocycles. The molecule has 3 heterocycles. The van der Waals surface area contributed by atoms with Crippen molar-refractivity contribution in [3.8, 4) is 0 Å². The van der Waals surface area contributed by atoms with Gasteiger partial charge in [0.2, 0.25) is 0 Å². The topological polar surface area (TPSA) is 68.3 Å². The fourth-order valence-electron chi connectivity index (χ4n) is 2.81. The van der Waals surface area contributed by atoms with Gasteiger partial charge in [0, 0.05) is 43.7 Å². The van der Waals surface area contributed by atoms with E-state index in [1.807, 2.05) is 20.0 Å². The molecule has 3 aromatic heterocycles. The molecule has 10 heteroatoms. The number of hydrogen-bond acceptors (Lipinski definition) is 4. The number of aromatic nitrogens is 5. The second-order valence-corrected chi connectivity index (χ2v) is 6.81. The van der Waals surface area contributed by atoms with Crippen molar-refractivity contribution < 1.29 is 13.6 Å². The predicted octanol–water partition coefficient (Wildman–Crippen LogP) is 3.12. The number of nitrogens with zero attached hydrogens (tertiary/aromatic N) is 6. The zero-order valence-corrected chi connectivity index (χ0v) is 16.1. The fourth-order valence-corrected chi connectivity index (χ4v) is 2.94. The second kappa shape index (κ2) is 6.88. The quantitative estimate of drug-likeness (QED) is 0.621. The monoisotopic (exact) mass is 396 g/mol. The summed E-state index contributed by atoms with van der Waals surface area (Å²) < 4.78 is 30.0. The Balaban J connectivity index is 1.92. The number of aryl methyl sites for hydroxylation is 3. The van der Waals surface area contributed by atoms with Gasteiger partial charge in [-0.25, -0.2) is 9.50 Å². The summed E-state index contributed by atoms with van der Waals surface area (Å²) >= 11 is 5.18. The first kappa shape index (κ1) is 19.2. The number of carbonyl (C=O) groups is 1. The first-order valence-electron chi connectivity index (χ1n) is 8.33. The zero-order chi connectivity index (χ0) is 19.9. The molecule has 0 aliphatic heterocycles. The molecule has 0 N–H and O–H groups in total. The van der Waals surface area contributed by atoms with Crippen LogP contribution in [0.25, 0.3) is 5.65 Å². The Kier molecular flexibility index (Phi) is 4.90. The van der Waals surface area contributed by atoms with Crippen LogP contribution < -0.4 is 0 Å². The molecule has 0 aliphatic carbocycles. The first-order chi connectivity index (χ1) is 12.6. The van der Waals surface area contributed by atoms with Crippen LogP contribution in [0, 0.1) is 13.8 Å². The summed E-state index contributed by atoms with van der Waals surface area (Å²) in [5, 5.41) is 4.72. The van der Waals surface area contributed by atoms with Gasteiger partial charge in [0.05, 0.1) is 5.69 Å². The largest absolute Gasteiger partial charge is 0.364 e. The highest BCUT2D eigenvalue weighted by Gasteiger charge is 2.33. The molecule has 0 fully saturated rings. The molecule has 0 aliphatic rings. The lowest BCUT2D eigenvalue weighted by atomic mass is 10.2. The normalized spacial score (nSPS) is 12.0. The van der Waals surface area contributed by atoms with E-state index >= 15 is 0 Å². The lowest BCUT2D eigenvalue weighted by Gasteiger charge is -2.15. The molecule has 27 heavy (non-hydrogen) atoms. The van der Waals surface area contributed by atoms with Crippen molar-refractivity contribution in [1.29, 1.82) is 0 Å². The van der Waals surface area contributed by atoms with Gasteiger partial charge in [-0.2, -0.15) is 19.0 Å². The summed E-state index contributed by atoms with van der Waals surface area (Å²) in [6.07, 6.45) is 1.87. The van der Waals surface area contributed by atoms with Crippen molar-refractivity contribution in [2.45, 2.75) is 39.2 Å². The summed E-state index contributed by atoms with van der Waals surface area (Å²) in [5.74, 6) is -0.411. The van der Waals surface area contributed by atoms with E-state index in [0.29, 0.717) is 12.2 Å². The first-order valence-corrected chi connectivity index (χ1v) is 8.71. The van der Waals surface area contributed by atoms with E-state index in [1.54, 1.807) is 18.7 Å². The highest BCUT2D eigenvalue weighted by Crippen LogP contribution is 2.32. The Bertz CT molecular complexity index is 1010.